The molecule has 0 unspecified atom stereocenters. The number of hydrogen-bond acceptors (Lipinski definition) is 3. The molecule has 0 aliphatic rings. The largest absolute Gasteiger partial charge is 0.326 e. The summed E-state index contributed by atoms with van der Waals surface area (Å²) in [5.41, 5.74) is 1.70. The maximum atomic E-state index is 13.1. The molecule has 2 aromatic carbocycles. The molecule has 0 spiro atoms. The molecule has 1 amide bonds. The number of hydrogen-bond donors (Lipinski definition) is 2. The number of nitrogens with one attached hydrogen (secondary N) is 2. The molecular formula is C17H19FN2O3S. The second kappa shape index (κ2) is 7.55. The van der Waals surface area contributed by atoms with Gasteiger partial charge in [0.15, 0.2) is 0 Å². The molecule has 0 fully saturated rings. The van der Waals surface area contributed by atoms with Crippen molar-refractivity contribution < 1.29 is 17.6 Å². The average molecular weight is 350 g/mol. The van der Waals surface area contributed by atoms with E-state index in [1.54, 1.807) is 31.2 Å². The number of sulfonamides is 1. The monoisotopic (exact) mass is 350 g/mol. The topological polar surface area (TPSA) is 75.3 Å². The fourth-order valence-corrected chi connectivity index (χ4v) is 3.57. The first-order chi connectivity index (χ1) is 11.3. The first-order valence-electron chi connectivity index (χ1n) is 7.40. The second-order valence-electron chi connectivity index (χ2n) is 5.44. The molecule has 7 heteroatoms. The standard InChI is InChI=1S/C17H19FN2O3S/c1-12-6-7-16(20-13(2)21)11-17(12)24(22,23)19-9-8-14-4-3-5-15(18)10-14/h3-7,10-11,19H,8-9H2,1-2H3,(H,20,21). The predicted molar refractivity (Wildman–Crippen MR) is 90.8 cm³/mol. The minimum Gasteiger partial charge on any atom is -0.326 e. The zero-order valence-corrected chi connectivity index (χ0v) is 14.3. The van der Waals surface area contributed by atoms with E-state index in [9.17, 15) is 17.6 Å². The van der Waals surface area contributed by atoms with Gasteiger partial charge in [0.25, 0.3) is 0 Å². The Labute approximate surface area is 141 Å². The number of rotatable bonds is 6. The summed E-state index contributed by atoms with van der Waals surface area (Å²) in [7, 11) is -3.72. The number of aryl methyl sites for hydroxylation is 1. The second-order valence-corrected chi connectivity index (χ2v) is 7.17. The molecule has 0 atom stereocenters. The Bertz CT molecular complexity index is 851. The third-order valence-corrected chi connectivity index (χ3v) is 5.00. The predicted octanol–water partition coefficient (Wildman–Crippen LogP) is 2.61. The fourth-order valence-electron chi connectivity index (χ4n) is 2.27. The molecule has 0 bridgehead atoms. The summed E-state index contributed by atoms with van der Waals surface area (Å²) < 4.78 is 40.5. The molecule has 0 aliphatic heterocycles. The number of anilines is 1. The van der Waals surface area contributed by atoms with E-state index in [0.29, 0.717) is 23.2 Å². The fraction of sp³-hybridized carbons (Fsp3) is 0.235. The number of halogens is 1. The highest BCUT2D eigenvalue weighted by Crippen LogP contribution is 2.20. The zero-order chi connectivity index (χ0) is 17.7. The van der Waals surface area contributed by atoms with Crippen molar-refractivity contribution in [3.05, 3.63) is 59.4 Å². The Hall–Kier alpha value is -2.25. The van der Waals surface area contributed by atoms with Crippen molar-refractivity contribution in [2.24, 2.45) is 0 Å². The number of amides is 1. The molecule has 0 saturated heterocycles. The van der Waals surface area contributed by atoms with E-state index in [1.165, 1.54) is 25.1 Å². The number of benzene rings is 2. The third-order valence-electron chi connectivity index (χ3n) is 3.39. The Kier molecular flexibility index (Phi) is 5.69. The van der Waals surface area contributed by atoms with Gasteiger partial charge in [0.1, 0.15) is 5.82 Å². The van der Waals surface area contributed by atoms with Gasteiger partial charge in [-0.25, -0.2) is 17.5 Å². The summed E-state index contributed by atoms with van der Waals surface area (Å²) in [5, 5.41) is 2.56. The summed E-state index contributed by atoms with van der Waals surface area (Å²) in [6.45, 7) is 3.18. The first kappa shape index (κ1) is 18.1. The molecule has 0 radical (unpaired) electrons. The minimum atomic E-state index is -3.72. The van der Waals surface area contributed by atoms with Crippen molar-refractivity contribution in [1.29, 1.82) is 0 Å². The summed E-state index contributed by atoms with van der Waals surface area (Å²) in [6, 6.07) is 10.7. The summed E-state index contributed by atoms with van der Waals surface area (Å²) in [5.74, 6) is -0.629. The van der Waals surface area contributed by atoms with Crippen molar-refractivity contribution in [3.63, 3.8) is 0 Å². The van der Waals surface area contributed by atoms with Crippen molar-refractivity contribution in [2.75, 3.05) is 11.9 Å². The van der Waals surface area contributed by atoms with Crippen molar-refractivity contribution >= 4 is 21.6 Å². The van der Waals surface area contributed by atoms with Gasteiger partial charge in [-0.15, -0.1) is 0 Å². The normalized spacial score (nSPS) is 11.3. The maximum Gasteiger partial charge on any atom is 0.240 e. The maximum absolute atomic E-state index is 13.1. The van der Waals surface area contributed by atoms with E-state index in [4.69, 9.17) is 0 Å². The Morgan fingerprint density at radius 3 is 2.58 bits per heavy atom. The summed E-state index contributed by atoms with van der Waals surface area (Å²) in [4.78, 5) is 11.2. The van der Waals surface area contributed by atoms with E-state index in [2.05, 4.69) is 10.0 Å². The van der Waals surface area contributed by atoms with Crippen LogP contribution < -0.4 is 10.0 Å². The molecule has 24 heavy (non-hydrogen) atoms. The van der Waals surface area contributed by atoms with Crippen LogP contribution in [0.1, 0.15) is 18.1 Å². The average Bonchev–Trinajstić information content (AvgIpc) is 2.48. The molecular weight excluding hydrogens is 331 g/mol. The van der Waals surface area contributed by atoms with E-state index >= 15 is 0 Å². The zero-order valence-electron chi connectivity index (χ0n) is 13.5. The van der Waals surface area contributed by atoms with Gasteiger partial charge in [0, 0.05) is 19.2 Å². The van der Waals surface area contributed by atoms with Crippen molar-refractivity contribution in [3.8, 4) is 0 Å². The van der Waals surface area contributed by atoms with E-state index < -0.39 is 10.0 Å². The Morgan fingerprint density at radius 2 is 1.92 bits per heavy atom. The van der Waals surface area contributed by atoms with Crippen LogP contribution in [-0.2, 0) is 21.2 Å². The molecule has 0 saturated carbocycles. The smallest absolute Gasteiger partial charge is 0.240 e. The lowest BCUT2D eigenvalue weighted by Gasteiger charge is -2.11. The van der Waals surface area contributed by atoms with Gasteiger partial charge in [-0.05, 0) is 48.7 Å². The quantitative estimate of drug-likeness (QED) is 0.841. The number of carbonyl (C=O) groups is 1. The summed E-state index contributed by atoms with van der Waals surface area (Å²) in [6.07, 6.45) is 0.376. The lowest BCUT2D eigenvalue weighted by molar-refractivity contribution is -0.114. The van der Waals surface area contributed by atoms with Crippen molar-refractivity contribution in [2.45, 2.75) is 25.2 Å². The van der Waals surface area contributed by atoms with Crippen molar-refractivity contribution in [1.82, 2.24) is 4.72 Å². The van der Waals surface area contributed by atoms with Gasteiger partial charge in [0.2, 0.25) is 15.9 Å². The number of carbonyl (C=O) groups excluding carboxylic acids is 1. The Balaban J connectivity index is 2.10. The molecule has 0 aliphatic carbocycles. The van der Waals surface area contributed by atoms with Gasteiger partial charge < -0.3 is 5.32 Å². The highest BCUT2D eigenvalue weighted by Gasteiger charge is 2.17. The van der Waals surface area contributed by atoms with Crippen LogP contribution >= 0.6 is 0 Å². The van der Waals surface area contributed by atoms with E-state index in [-0.39, 0.29) is 23.2 Å². The summed E-state index contributed by atoms with van der Waals surface area (Å²) >= 11 is 0. The molecule has 2 N–H and O–H groups in total. The highest BCUT2D eigenvalue weighted by atomic mass is 32.2. The lowest BCUT2D eigenvalue weighted by atomic mass is 10.1. The third kappa shape index (κ3) is 4.87. The van der Waals surface area contributed by atoms with Crippen LogP contribution in [0.5, 0.6) is 0 Å². The van der Waals surface area contributed by atoms with Crippen LogP contribution in [0.4, 0.5) is 10.1 Å². The van der Waals surface area contributed by atoms with Crippen LogP contribution in [0.25, 0.3) is 0 Å². The van der Waals surface area contributed by atoms with Gasteiger partial charge in [-0.3, -0.25) is 4.79 Å². The SMILES string of the molecule is CC(=O)Nc1ccc(C)c(S(=O)(=O)NCCc2cccc(F)c2)c1. The minimum absolute atomic E-state index is 0.105. The van der Waals surface area contributed by atoms with Crippen LogP contribution in [0, 0.1) is 12.7 Å². The molecule has 5 nitrogen and oxygen atoms in total. The van der Waals surface area contributed by atoms with Gasteiger partial charge in [-0.2, -0.15) is 0 Å². The Morgan fingerprint density at radius 1 is 1.17 bits per heavy atom. The molecule has 128 valence electrons. The molecule has 2 rings (SSSR count). The molecule has 2 aromatic rings. The van der Waals surface area contributed by atoms with Crippen LogP contribution in [0.15, 0.2) is 47.4 Å². The lowest BCUT2D eigenvalue weighted by Crippen LogP contribution is -2.26. The first-order valence-corrected chi connectivity index (χ1v) is 8.88. The van der Waals surface area contributed by atoms with Gasteiger partial charge in [0.05, 0.1) is 4.90 Å². The van der Waals surface area contributed by atoms with Crippen LogP contribution in [0.2, 0.25) is 0 Å². The molecule has 0 aromatic heterocycles. The molecule has 0 heterocycles. The van der Waals surface area contributed by atoms with E-state index in [0.717, 1.165) is 0 Å². The van der Waals surface area contributed by atoms with Gasteiger partial charge >= 0.3 is 0 Å². The van der Waals surface area contributed by atoms with Crippen LogP contribution in [-0.4, -0.2) is 20.9 Å². The van der Waals surface area contributed by atoms with Crippen LogP contribution in [0.3, 0.4) is 0 Å². The highest BCUT2D eigenvalue weighted by molar-refractivity contribution is 7.89. The van der Waals surface area contributed by atoms with Gasteiger partial charge in [-0.1, -0.05) is 18.2 Å². The van der Waals surface area contributed by atoms with E-state index in [1.807, 2.05) is 0 Å².